The van der Waals surface area contributed by atoms with E-state index in [1.165, 1.54) is 0 Å². The van der Waals surface area contributed by atoms with Crippen LogP contribution in [0.5, 0.6) is 0 Å². The first-order valence-electron chi connectivity index (χ1n) is 12.1. The first kappa shape index (κ1) is 21.6. The van der Waals surface area contributed by atoms with Gasteiger partial charge in [-0.05, 0) is 48.5 Å². The maximum absolute atomic E-state index is 13.1. The lowest BCUT2D eigenvalue weighted by Gasteiger charge is -2.48. The standard InChI is InChI=1S/C28H27N5O2/c34-27(22-10-12-23(13-11-22)33-20-29-25-8-4-5-9-26(25)33)31-16-14-30(15-17-31)24-18-32(19-24)28(35)21-6-2-1-3-7-21/h1-13,20,24H,14-19H2. The number of imidazole rings is 1. The van der Waals surface area contributed by atoms with Crippen LogP contribution in [0.25, 0.3) is 16.7 Å². The van der Waals surface area contributed by atoms with Crippen molar-refractivity contribution in [2.45, 2.75) is 6.04 Å². The minimum atomic E-state index is 0.0705. The third kappa shape index (κ3) is 4.08. The van der Waals surface area contributed by atoms with Crippen molar-refractivity contribution in [2.75, 3.05) is 39.3 Å². The molecule has 7 heteroatoms. The summed E-state index contributed by atoms with van der Waals surface area (Å²) in [5.74, 6) is 0.170. The predicted molar refractivity (Wildman–Crippen MR) is 135 cm³/mol. The van der Waals surface area contributed by atoms with Gasteiger partial charge in [-0.15, -0.1) is 0 Å². The van der Waals surface area contributed by atoms with Crippen LogP contribution >= 0.6 is 0 Å². The molecule has 6 rings (SSSR count). The Morgan fingerprint density at radius 3 is 2.06 bits per heavy atom. The molecule has 176 valence electrons. The summed E-state index contributed by atoms with van der Waals surface area (Å²) in [5.41, 5.74) is 4.43. The van der Waals surface area contributed by atoms with Crippen molar-refractivity contribution >= 4 is 22.8 Å². The van der Waals surface area contributed by atoms with Gasteiger partial charge in [-0.25, -0.2) is 4.98 Å². The predicted octanol–water partition coefficient (Wildman–Crippen LogP) is 3.31. The van der Waals surface area contributed by atoms with Crippen LogP contribution in [0.1, 0.15) is 20.7 Å². The van der Waals surface area contributed by atoms with Crippen molar-refractivity contribution in [3.05, 3.63) is 96.3 Å². The van der Waals surface area contributed by atoms with Crippen molar-refractivity contribution in [3.8, 4) is 5.69 Å². The summed E-state index contributed by atoms with van der Waals surface area (Å²) in [4.78, 5) is 36.4. The molecule has 7 nitrogen and oxygen atoms in total. The molecule has 1 aromatic heterocycles. The van der Waals surface area contributed by atoms with Crippen LogP contribution in [-0.2, 0) is 0 Å². The normalized spacial score (nSPS) is 16.9. The molecule has 2 amide bonds. The molecule has 3 aromatic carbocycles. The molecule has 0 spiro atoms. The fourth-order valence-electron chi connectivity index (χ4n) is 5.02. The van der Waals surface area contributed by atoms with Gasteiger partial charge in [-0.3, -0.25) is 19.1 Å². The van der Waals surface area contributed by atoms with Crippen LogP contribution in [0.2, 0.25) is 0 Å². The van der Waals surface area contributed by atoms with E-state index < -0.39 is 0 Å². The first-order valence-corrected chi connectivity index (χ1v) is 12.1. The molecule has 0 aliphatic carbocycles. The number of piperazine rings is 1. The molecule has 2 saturated heterocycles. The second-order valence-electron chi connectivity index (χ2n) is 9.21. The smallest absolute Gasteiger partial charge is 0.253 e. The van der Waals surface area contributed by atoms with Crippen LogP contribution in [0.4, 0.5) is 0 Å². The highest BCUT2D eigenvalue weighted by Crippen LogP contribution is 2.22. The quantitative estimate of drug-likeness (QED) is 0.464. The zero-order valence-corrected chi connectivity index (χ0v) is 19.5. The Kier molecular flexibility index (Phi) is 5.54. The number of likely N-dealkylation sites (tertiary alicyclic amines) is 1. The lowest BCUT2D eigenvalue weighted by Crippen LogP contribution is -2.64. The summed E-state index contributed by atoms with van der Waals surface area (Å²) in [6.45, 7) is 4.59. The van der Waals surface area contributed by atoms with Crippen molar-refractivity contribution in [1.82, 2.24) is 24.3 Å². The molecular weight excluding hydrogens is 438 g/mol. The van der Waals surface area contributed by atoms with E-state index in [2.05, 4.69) is 9.88 Å². The Morgan fingerprint density at radius 2 is 1.31 bits per heavy atom. The maximum Gasteiger partial charge on any atom is 0.253 e. The minimum absolute atomic E-state index is 0.0705. The third-order valence-corrected chi connectivity index (χ3v) is 7.13. The van der Waals surface area contributed by atoms with Gasteiger partial charge in [0.2, 0.25) is 0 Å². The van der Waals surface area contributed by atoms with E-state index >= 15 is 0 Å². The molecule has 0 N–H and O–H groups in total. The Labute approximate surface area is 204 Å². The number of carbonyl (C=O) groups is 2. The summed E-state index contributed by atoms with van der Waals surface area (Å²) in [6, 6.07) is 25.6. The molecule has 0 radical (unpaired) electrons. The Balaban J connectivity index is 1.03. The molecule has 0 saturated carbocycles. The molecule has 0 unspecified atom stereocenters. The number of hydrogen-bond donors (Lipinski definition) is 0. The number of rotatable bonds is 4. The molecule has 2 aliphatic heterocycles. The number of carbonyl (C=O) groups excluding carboxylic acids is 2. The second kappa shape index (κ2) is 9.00. The topological polar surface area (TPSA) is 61.7 Å². The number of benzene rings is 3. The van der Waals surface area contributed by atoms with Crippen molar-refractivity contribution in [2.24, 2.45) is 0 Å². The van der Waals surface area contributed by atoms with Gasteiger partial charge in [0, 0.05) is 62.1 Å². The Hall–Kier alpha value is -3.97. The molecule has 2 aliphatic rings. The van der Waals surface area contributed by atoms with Crippen molar-refractivity contribution in [3.63, 3.8) is 0 Å². The van der Waals surface area contributed by atoms with Crippen LogP contribution in [0, 0.1) is 0 Å². The molecule has 0 atom stereocenters. The molecule has 3 heterocycles. The molecule has 0 bridgehead atoms. The molecule has 4 aromatic rings. The van der Waals surface area contributed by atoms with Crippen LogP contribution < -0.4 is 0 Å². The molecule has 35 heavy (non-hydrogen) atoms. The lowest BCUT2D eigenvalue weighted by molar-refractivity contribution is 0.00854. The zero-order valence-electron chi connectivity index (χ0n) is 19.5. The van der Waals surface area contributed by atoms with Crippen molar-refractivity contribution in [1.29, 1.82) is 0 Å². The van der Waals surface area contributed by atoms with Gasteiger partial charge in [0.15, 0.2) is 0 Å². The van der Waals surface area contributed by atoms with Gasteiger partial charge in [-0.1, -0.05) is 30.3 Å². The second-order valence-corrected chi connectivity index (χ2v) is 9.21. The van der Waals surface area contributed by atoms with Gasteiger partial charge >= 0.3 is 0 Å². The average Bonchev–Trinajstić information content (AvgIpc) is 3.33. The highest BCUT2D eigenvalue weighted by atomic mass is 16.2. The van der Waals surface area contributed by atoms with Crippen molar-refractivity contribution < 1.29 is 9.59 Å². The SMILES string of the molecule is O=C(c1ccc(-n2cnc3ccccc32)cc1)N1CCN(C2CN(C(=O)c3ccccc3)C2)CC1. The van der Waals surface area contributed by atoms with E-state index in [4.69, 9.17) is 0 Å². The number of nitrogens with zero attached hydrogens (tertiary/aromatic N) is 5. The molecule has 2 fully saturated rings. The fourth-order valence-corrected chi connectivity index (χ4v) is 5.02. The first-order chi connectivity index (χ1) is 17.2. The summed E-state index contributed by atoms with van der Waals surface area (Å²) in [5, 5.41) is 0. The number of fused-ring (bicyclic) bond motifs is 1. The zero-order chi connectivity index (χ0) is 23.8. The largest absolute Gasteiger partial charge is 0.336 e. The van der Waals surface area contributed by atoms with Crippen LogP contribution in [0.15, 0.2) is 85.2 Å². The number of amides is 2. The maximum atomic E-state index is 13.1. The van der Waals surface area contributed by atoms with Gasteiger partial charge in [-0.2, -0.15) is 0 Å². The van der Waals surface area contributed by atoms with E-state index in [0.717, 1.165) is 48.5 Å². The van der Waals surface area contributed by atoms with Gasteiger partial charge in [0.25, 0.3) is 11.8 Å². The minimum Gasteiger partial charge on any atom is -0.336 e. The summed E-state index contributed by atoms with van der Waals surface area (Å²) < 4.78 is 2.03. The summed E-state index contributed by atoms with van der Waals surface area (Å²) >= 11 is 0. The number of hydrogen-bond acceptors (Lipinski definition) is 4. The highest BCUT2D eigenvalue weighted by molar-refractivity contribution is 5.95. The summed E-state index contributed by atoms with van der Waals surface area (Å²) in [7, 11) is 0. The number of aromatic nitrogens is 2. The monoisotopic (exact) mass is 465 g/mol. The van der Waals surface area contributed by atoms with E-state index in [-0.39, 0.29) is 11.8 Å². The third-order valence-electron chi connectivity index (χ3n) is 7.13. The summed E-state index contributed by atoms with van der Waals surface area (Å²) in [6.07, 6.45) is 1.82. The highest BCUT2D eigenvalue weighted by Gasteiger charge is 2.36. The van der Waals surface area contributed by atoms with Gasteiger partial charge in [0.05, 0.1) is 11.0 Å². The van der Waals surface area contributed by atoms with E-state index in [0.29, 0.717) is 24.7 Å². The lowest BCUT2D eigenvalue weighted by atomic mass is 10.0. The molecular formula is C28H27N5O2. The van der Waals surface area contributed by atoms with Gasteiger partial charge < -0.3 is 9.80 Å². The van der Waals surface area contributed by atoms with E-state index in [9.17, 15) is 9.59 Å². The van der Waals surface area contributed by atoms with Crippen LogP contribution in [0.3, 0.4) is 0 Å². The van der Waals surface area contributed by atoms with Gasteiger partial charge in [0.1, 0.15) is 6.33 Å². The van der Waals surface area contributed by atoms with Crippen LogP contribution in [-0.4, -0.2) is 81.4 Å². The number of para-hydroxylation sites is 2. The van der Waals surface area contributed by atoms with E-state index in [1.54, 1.807) is 0 Å². The fraction of sp³-hybridized carbons (Fsp3) is 0.250. The average molecular weight is 466 g/mol. The van der Waals surface area contributed by atoms with E-state index in [1.807, 2.05) is 99.6 Å². The Morgan fingerprint density at radius 1 is 0.686 bits per heavy atom. The Bertz CT molecular complexity index is 1350.